The van der Waals surface area contributed by atoms with E-state index in [0.29, 0.717) is 18.2 Å². The first-order valence-corrected chi connectivity index (χ1v) is 8.58. The first kappa shape index (κ1) is 17.9. The van der Waals surface area contributed by atoms with Crippen LogP contribution in [0.5, 0.6) is 0 Å². The van der Waals surface area contributed by atoms with Gasteiger partial charge in [0.2, 0.25) is 0 Å². The van der Waals surface area contributed by atoms with Crippen molar-refractivity contribution in [3.63, 3.8) is 0 Å². The second kappa shape index (κ2) is 7.92. The molecule has 4 heteroatoms. The minimum Gasteiger partial charge on any atom is -0.389 e. The fourth-order valence-corrected chi connectivity index (χ4v) is 2.79. The van der Waals surface area contributed by atoms with Crippen molar-refractivity contribution in [1.29, 1.82) is 5.26 Å². The van der Waals surface area contributed by atoms with Crippen LogP contribution in [-0.4, -0.2) is 41.3 Å². The predicted octanol–water partition coefficient (Wildman–Crippen LogP) is 2.52. The van der Waals surface area contributed by atoms with Crippen molar-refractivity contribution >= 4 is 0 Å². The molecule has 0 aromatic heterocycles. The molecule has 1 aliphatic rings. The zero-order valence-electron chi connectivity index (χ0n) is 14.5. The molecule has 1 fully saturated rings. The monoisotopic (exact) mass is 315 g/mol. The first-order valence-electron chi connectivity index (χ1n) is 8.58. The molecule has 0 aliphatic carbocycles. The fourth-order valence-electron chi connectivity index (χ4n) is 2.79. The summed E-state index contributed by atoms with van der Waals surface area (Å²) in [7, 11) is 0. The summed E-state index contributed by atoms with van der Waals surface area (Å²) in [5.74, 6) is 0.256. The van der Waals surface area contributed by atoms with E-state index < -0.39 is 5.60 Å². The molecule has 2 rings (SSSR count). The van der Waals surface area contributed by atoms with E-state index in [1.54, 1.807) is 0 Å². The first-order chi connectivity index (χ1) is 10.9. The Morgan fingerprint density at radius 3 is 2.43 bits per heavy atom. The van der Waals surface area contributed by atoms with Gasteiger partial charge in [-0.1, -0.05) is 26.0 Å². The lowest BCUT2D eigenvalue weighted by Gasteiger charge is -2.35. The lowest BCUT2D eigenvalue weighted by Crippen LogP contribution is -2.49. The highest BCUT2D eigenvalue weighted by Gasteiger charge is 2.27. The van der Waals surface area contributed by atoms with Crippen LogP contribution in [0.4, 0.5) is 0 Å². The Morgan fingerprint density at radius 2 is 1.91 bits per heavy atom. The number of benzene rings is 1. The molecule has 1 heterocycles. The van der Waals surface area contributed by atoms with E-state index in [0.717, 1.165) is 32.5 Å². The Kier molecular flexibility index (Phi) is 6.17. The number of nitrogens with zero attached hydrogens (tertiary/aromatic N) is 2. The van der Waals surface area contributed by atoms with Crippen LogP contribution in [0.1, 0.15) is 44.7 Å². The van der Waals surface area contributed by atoms with Gasteiger partial charge in [0.25, 0.3) is 0 Å². The molecule has 2 N–H and O–H groups in total. The van der Waals surface area contributed by atoms with Crippen LogP contribution in [0.25, 0.3) is 0 Å². The van der Waals surface area contributed by atoms with Crippen molar-refractivity contribution in [2.45, 2.75) is 51.8 Å². The summed E-state index contributed by atoms with van der Waals surface area (Å²) in [6, 6.07) is 10.5. The summed E-state index contributed by atoms with van der Waals surface area (Å²) >= 11 is 0. The van der Waals surface area contributed by atoms with Crippen LogP contribution in [0.3, 0.4) is 0 Å². The molecule has 1 unspecified atom stereocenters. The van der Waals surface area contributed by atoms with Crippen LogP contribution in [0, 0.1) is 17.2 Å². The average Bonchev–Trinajstić information content (AvgIpc) is 2.55. The third-order valence-corrected chi connectivity index (χ3v) is 5.07. The van der Waals surface area contributed by atoms with Gasteiger partial charge in [-0.15, -0.1) is 0 Å². The minimum atomic E-state index is -0.639. The molecular formula is C19H29N3O. The number of nitriles is 1. The highest BCUT2D eigenvalue weighted by Crippen LogP contribution is 2.18. The van der Waals surface area contributed by atoms with E-state index in [1.807, 2.05) is 31.2 Å². The second-order valence-electron chi connectivity index (χ2n) is 7.25. The molecule has 1 aliphatic heterocycles. The summed E-state index contributed by atoms with van der Waals surface area (Å²) in [4.78, 5) is 2.46. The SMILES string of the molecule is CC(C)C(C)(O)CNC1CCN(Cc2ccc(C#N)cc2)CC1. The maximum atomic E-state index is 10.3. The molecule has 126 valence electrons. The van der Waals surface area contributed by atoms with Crippen molar-refractivity contribution in [2.24, 2.45) is 5.92 Å². The van der Waals surface area contributed by atoms with Gasteiger partial charge in [-0.3, -0.25) is 4.90 Å². The Bertz CT molecular complexity index is 523. The second-order valence-corrected chi connectivity index (χ2v) is 7.25. The summed E-state index contributed by atoms with van der Waals surface area (Å²) in [5, 5.41) is 22.7. The molecule has 4 nitrogen and oxygen atoms in total. The number of hydrogen-bond donors (Lipinski definition) is 2. The van der Waals surface area contributed by atoms with E-state index in [4.69, 9.17) is 5.26 Å². The van der Waals surface area contributed by atoms with E-state index in [9.17, 15) is 5.11 Å². The van der Waals surface area contributed by atoms with E-state index in [-0.39, 0.29) is 5.92 Å². The molecule has 0 radical (unpaired) electrons. The maximum absolute atomic E-state index is 10.3. The molecule has 0 saturated carbocycles. The Balaban J connectivity index is 1.74. The summed E-state index contributed by atoms with van der Waals surface area (Å²) < 4.78 is 0. The van der Waals surface area contributed by atoms with Crippen LogP contribution in [-0.2, 0) is 6.54 Å². The van der Waals surface area contributed by atoms with Crippen molar-refractivity contribution in [3.8, 4) is 6.07 Å². The number of hydrogen-bond acceptors (Lipinski definition) is 4. The fraction of sp³-hybridized carbons (Fsp3) is 0.632. The number of piperidine rings is 1. The van der Waals surface area contributed by atoms with Gasteiger partial charge in [0, 0.05) is 19.1 Å². The van der Waals surface area contributed by atoms with Gasteiger partial charge in [-0.05, 0) is 56.5 Å². The van der Waals surface area contributed by atoms with Crippen LogP contribution in [0.2, 0.25) is 0 Å². The van der Waals surface area contributed by atoms with Crippen LogP contribution in [0.15, 0.2) is 24.3 Å². The summed E-state index contributed by atoms with van der Waals surface area (Å²) in [6.07, 6.45) is 2.23. The lowest BCUT2D eigenvalue weighted by atomic mass is 9.92. The number of rotatable bonds is 6. The Hall–Kier alpha value is -1.41. The van der Waals surface area contributed by atoms with Crippen molar-refractivity contribution in [3.05, 3.63) is 35.4 Å². The molecule has 1 aromatic carbocycles. The number of aliphatic hydroxyl groups is 1. The highest BCUT2D eigenvalue weighted by molar-refractivity contribution is 5.31. The van der Waals surface area contributed by atoms with Gasteiger partial charge < -0.3 is 10.4 Å². The summed E-state index contributed by atoms with van der Waals surface area (Å²) in [5.41, 5.74) is 1.34. The normalized spacial score (nSPS) is 19.5. The van der Waals surface area contributed by atoms with Gasteiger partial charge in [0.1, 0.15) is 0 Å². The Labute approximate surface area is 140 Å². The molecule has 0 spiro atoms. The third-order valence-electron chi connectivity index (χ3n) is 5.07. The molecule has 1 saturated heterocycles. The average molecular weight is 315 g/mol. The van der Waals surface area contributed by atoms with Crippen molar-refractivity contribution in [2.75, 3.05) is 19.6 Å². The van der Waals surface area contributed by atoms with Gasteiger partial charge in [0.15, 0.2) is 0 Å². The van der Waals surface area contributed by atoms with Gasteiger partial charge in [-0.2, -0.15) is 5.26 Å². The van der Waals surface area contributed by atoms with E-state index in [2.05, 4.69) is 30.1 Å². The van der Waals surface area contributed by atoms with Crippen LogP contribution >= 0.6 is 0 Å². The van der Waals surface area contributed by atoms with E-state index >= 15 is 0 Å². The lowest BCUT2D eigenvalue weighted by molar-refractivity contribution is 0.00955. The zero-order valence-corrected chi connectivity index (χ0v) is 14.5. The molecular weight excluding hydrogens is 286 g/mol. The zero-order chi connectivity index (χ0) is 16.9. The Morgan fingerprint density at radius 1 is 1.30 bits per heavy atom. The third kappa shape index (κ3) is 5.31. The van der Waals surface area contributed by atoms with Crippen molar-refractivity contribution in [1.82, 2.24) is 10.2 Å². The highest BCUT2D eigenvalue weighted by atomic mass is 16.3. The van der Waals surface area contributed by atoms with E-state index in [1.165, 1.54) is 5.56 Å². The maximum Gasteiger partial charge on any atom is 0.0991 e. The quantitative estimate of drug-likeness (QED) is 0.847. The molecule has 23 heavy (non-hydrogen) atoms. The molecule has 0 bridgehead atoms. The smallest absolute Gasteiger partial charge is 0.0991 e. The number of nitrogens with one attached hydrogen (secondary N) is 1. The largest absolute Gasteiger partial charge is 0.389 e. The van der Waals surface area contributed by atoms with Crippen molar-refractivity contribution < 1.29 is 5.11 Å². The van der Waals surface area contributed by atoms with Crippen LogP contribution < -0.4 is 5.32 Å². The summed E-state index contributed by atoms with van der Waals surface area (Å²) in [6.45, 7) is 9.77. The topological polar surface area (TPSA) is 59.3 Å². The minimum absolute atomic E-state index is 0.256. The van der Waals surface area contributed by atoms with Gasteiger partial charge in [0.05, 0.1) is 17.2 Å². The number of likely N-dealkylation sites (tertiary alicyclic amines) is 1. The molecule has 1 aromatic rings. The van der Waals surface area contributed by atoms with Gasteiger partial charge in [-0.25, -0.2) is 0 Å². The molecule has 1 atom stereocenters. The predicted molar refractivity (Wildman–Crippen MR) is 92.9 cm³/mol. The standard InChI is InChI=1S/C19H29N3O/c1-15(2)19(3,23)14-21-18-8-10-22(11-9-18)13-17-6-4-16(12-20)5-7-17/h4-7,15,18,21,23H,8-11,13-14H2,1-3H3. The van der Waals surface area contributed by atoms with Gasteiger partial charge >= 0.3 is 0 Å². The molecule has 0 amide bonds.